The molecular formula is C13H23N3O2S. The van der Waals surface area contributed by atoms with E-state index >= 15 is 0 Å². The fraction of sp³-hybridized carbons (Fsp3) is 0.846. The quantitative estimate of drug-likeness (QED) is 0.349. The maximum absolute atomic E-state index is 12.8. The largest absolute Gasteiger partial charge is 0.409 e. The number of oxime groups is 1. The number of hydrogen-bond acceptors (Lipinski definition) is 4. The van der Waals surface area contributed by atoms with Crippen molar-refractivity contribution in [3.63, 3.8) is 0 Å². The van der Waals surface area contributed by atoms with Crippen LogP contribution in [0, 0.1) is 11.3 Å². The number of nitrogens with zero attached hydrogens (tertiary/aromatic N) is 2. The van der Waals surface area contributed by atoms with Crippen LogP contribution in [0.2, 0.25) is 0 Å². The minimum absolute atomic E-state index is 0.0364. The Balaban J connectivity index is 2.17. The van der Waals surface area contributed by atoms with Crippen molar-refractivity contribution in [2.75, 3.05) is 18.8 Å². The van der Waals surface area contributed by atoms with E-state index in [-0.39, 0.29) is 16.5 Å². The third-order valence-corrected chi connectivity index (χ3v) is 5.41. The third-order valence-electron chi connectivity index (χ3n) is 4.11. The number of amides is 1. The Morgan fingerprint density at radius 3 is 2.58 bits per heavy atom. The molecule has 2 rings (SSSR count). The fourth-order valence-corrected chi connectivity index (χ4v) is 4.32. The molecule has 108 valence electrons. The first-order valence-corrected chi connectivity index (χ1v) is 7.71. The summed E-state index contributed by atoms with van der Waals surface area (Å²) < 4.78 is 0.0790. The van der Waals surface area contributed by atoms with Gasteiger partial charge in [0.15, 0.2) is 5.84 Å². The van der Waals surface area contributed by atoms with Crippen LogP contribution in [-0.2, 0) is 4.79 Å². The summed E-state index contributed by atoms with van der Waals surface area (Å²) in [5, 5.41) is 12.1. The van der Waals surface area contributed by atoms with Gasteiger partial charge in [0.1, 0.15) is 5.41 Å². The predicted molar refractivity (Wildman–Crippen MR) is 77.4 cm³/mol. The van der Waals surface area contributed by atoms with Gasteiger partial charge in [0.05, 0.1) is 0 Å². The lowest BCUT2D eigenvalue weighted by Gasteiger charge is -2.48. The minimum atomic E-state index is -0.758. The highest BCUT2D eigenvalue weighted by Gasteiger charge is 2.54. The number of carbonyl (C=O) groups is 1. The van der Waals surface area contributed by atoms with Gasteiger partial charge in [0.2, 0.25) is 5.91 Å². The highest BCUT2D eigenvalue weighted by Crippen LogP contribution is 2.47. The van der Waals surface area contributed by atoms with Gasteiger partial charge in [0, 0.05) is 23.6 Å². The normalized spacial score (nSPS) is 34.8. The molecule has 1 saturated heterocycles. The zero-order chi connectivity index (χ0) is 14.3. The molecule has 0 atom stereocenters. The van der Waals surface area contributed by atoms with E-state index in [4.69, 9.17) is 10.9 Å². The van der Waals surface area contributed by atoms with Gasteiger partial charge in [-0.15, -0.1) is 0 Å². The van der Waals surface area contributed by atoms with Crippen molar-refractivity contribution in [1.82, 2.24) is 4.90 Å². The lowest BCUT2D eigenvalue weighted by molar-refractivity contribution is -0.144. The Hall–Kier alpha value is -0.910. The molecule has 3 N–H and O–H groups in total. The molecule has 2 aliphatic rings. The van der Waals surface area contributed by atoms with Crippen molar-refractivity contribution in [2.24, 2.45) is 22.2 Å². The van der Waals surface area contributed by atoms with E-state index < -0.39 is 5.41 Å². The second-order valence-corrected chi connectivity index (χ2v) is 8.22. The van der Waals surface area contributed by atoms with Crippen molar-refractivity contribution in [1.29, 1.82) is 0 Å². The molecule has 0 aromatic carbocycles. The summed E-state index contributed by atoms with van der Waals surface area (Å²) in [5.74, 6) is 1.51. The van der Waals surface area contributed by atoms with Gasteiger partial charge in [-0.2, -0.15) is 11.8 Å². The SMILES string of the molecule is CC1CC(C(=O)N2CCSC(C)(C)C2)(C(N)=NO)C1. The second-order valence-electron chi connectivity index (χ2n) is 6.42. The van der Waals surface area contributed by atoms with Gasteiger partial charge in [-0.05, 0) is 32.6 Å². The summed E-state index contributed by atoms with van der Waals surface area (Å²) >= 11 is 1.89. The minimum Gasteiger partial charge on any atom is -0.409 e. The molecule has 1 heterocycles. The maximum Gasteiger partial charge on any atom is 0.236 e. The first kappa shape index (κ1) is 14.5. The Kier molecular flexibility index (Phi) is 3.73. The number of thioether (sulfide) groups is 1. The summed E-state index contributed by atoms with van der Waals surface area (Å²) in [7, 11) is 0. The van der Waals surface area contributed by atoms with E-state index in [1.807, 2.05) is 16.7 Å². The molecule has 0 aromatic rings. The summed E-state index contributed by atoms with van der Waals surface area (Å²) in [4.78, 5) is 14.7. The van der Waals surface area contributed by atoms with E-state index in [2.05, 4.69) is 25.9 Å². The Labute approximate surface area is 118 Å². The Morgan fingerprint density at radius 1 is 1.47 bits per heavy atom. The average molecular weight is 285 g/mol. The lowest BCUT2D eigenvalue weighted by Crippen LogP contribution is -2.60. The van der Waals surface area contributed by atoms with Gasteiger partial charge in [0.25, 0.3) is 0 Å². The molecule has 0 spiro atoms. The molecule has 1 aliphatic heterocycles. The van der Waals surface area contributed by atoms with E-state index in [1.54, 1.807) is 0 Å². The lowest BCUT2D eigenvalue weighted by atomic mass is 9.61. The molecule has 6 heteroatoms. The number of rotatable bonds is 2. The standard InChI is InChI=1S/C13H23N3O2S/c1-9-6-13(7-9,10(14)15-18)11(17)16-4-5-19-12(2,3)8-16/h9,18H,4-8H2,1-3H3,(H2,14,15). The van der Waals surface area contributed by atoms with Gasteiger partial charge in [-0.1, -0.05) is 12.1 Å². The van der Waals surface area contributed by atoms with Crippen molar-refractivity contribution < 1.29 is 10.0 Å². The number of amidine groups is 1. The Morgan fingerprint density at radius 2 is 2.11 bits per heavy atom. The van der Waals surface area contributed by atoms with Gasteiger partial charge in [-0.25, -0.2) is 0 Å². The average Bonchev–Trinajstić information content (AvgIpc) is 2.31. The van der Waals surface area contributed by atoms with E-state index in [0.29, 0.717) is 18.8 Å². The van der Waals surface area contributed by atoms with Crippen LogP contribution in [0.5, 0.6) is 0 Å². The zero-order valence-corrected chi connectivity index (χ0v) is 12.7. The molecule has 1 aliphatic carbocycles. The van der Waals surface area contributed by atoms with Gasteiger partial charge >= 0.3 is 0 Å². The van der Waals surface area contributed by atoms with Crippen LogP contribution in [-0.4, -0.2) is 45.4 Å². The van der Waals surface area contributed by atoms with E-state index in [0.717, 1.165) is 18.8 Å². The van der Waals surface area contributed by atoms with Crippen LogP contribution < -0.4 is 5.73 Å². The van der Waals surface area contributed by atoms with Crippen LogP contribution in [0.25, 0.3) is 0 Å². The van der Waals surface area contributed by atoms with Crippen LogP contribution in [0.4, 0.5) is 0 Å². The van der Waals surface area contributed by atoms with Crippen LogP contribution in [0.1, 0.15) is 33.6 Å². The molecule has 0 unspecified atom stereocenters. The molecule has 0 aromatic heterocycles. The zero-order valence-electron chi connectivity index (χ0n) is 11.8. The topological polar surface area (TPSA) is 78.9 Å². The molecule has 1 amide bonds. The second kappa shape index (κ2) is 4.89. The molecule has 5 nitrogen and oxygen atoms in total. The predicted octanol–water partition coefficient (Wildman–Crippen LogP) is 1.50. The Bertz CT molecular complexity index is 403. The molecule has 0 bridgehead atoms. The highest BCUT2D eigenvalue weighted by atomic mass is 32.2. The van der Waals surface area contributed by atoms with E-state index in [9.17, 15) is 4.79 Å². The van der Waals surface area contributed by atoms with Crippen LogP contribution in [0.15, 0.2) is 5.16 Å². The van der Waals surface area contributed by atoms with Crippen molar-refractivity contribution in [3.8, 4) is 0 Å². The molecule has 0 radical (unpaired) electrons. The number of hydrogen-bond donors (Lipinski definition) is 2. The maximum atomic E-state index is 12.8. The third kappa shape index (κ3) is 2.55. The van der Waals surface area contributed by atoms with Crippen molar-refractivity contribution in [3.05, 3.63) is 0 Å². The first-order chi connectivity index (χ1) is 8.81. The summed E-state index contributed by atoms with van der Waals surface area (Å²) in [6.07, 6.45) is 1.37. The monoisotopic (exact) mass is 285 g/mol. The van der Waals surface area contributed by atoms with Crippen molar-refractivity contribution >= 4 is 23.5 Å². The first-order valence-electron chi connectivity index (χ1n) is 6.72. The summed E-state index contributed by atoms with van der Waals surface area (Å²) in [5.41, 5.74) is 5.04. The molecular weight excluding hydrogens is 262 g/mol. The van der Waals surface area contributed by atoms with Crippen molar-refractivity contribution in [2.45, 2.75) is 38.4 Å². The van der Waals surface area contributed by atoms with Gasteiger partial charge < -0.3 is 15.8 Å². The smallest absolute Gasteiger partial charge is 0.236 e. The van der Waals surface area contributed by atoms with Gasteiger partial charge in [-0.3, -0.25) is 4.79 Å². The van der Waals surface area contributed by atoms with Crippen LogP contribution in [0.3, 0.4) is 0 Å². The number of nitrogens with two attached hydrogens (primary N) is 1. The number of carbonyl (C=O) groups excluding carboxylic acids is 1. The van der Waals surface area contributed by atoms with E-state index in [1.165, 1.54) is 0 Å². The molecule has 2 fully saturated rings. The molecule has 1 saturated carbocycles. The molecule has 19 heavy (non-hydrogen) atoms. The fourth-order valence-electron chi connectivity index (χ4n) is 3.21. The van der Waals surface area contributed by atoms with Crippen LogP contribution >= 0.6 is 11.8 Å². The summed E-state index contributed by atoms with van der Waals surface area (Å²) in [6, 6.07) is 0. The highest BCUT2D eigenvalue weighted by molar-refractivity contribution is 8.00. The summed E-state index contributed by atoms with van der Waals surface area (Å²) in [6.45, 7) is 7.87.